The zero-order valence-corrected chi connectivity index (χ0v) is 9.02. The first kappa shape index (κ1) is 10.4. The third-order valence-electron chi connectivity index (χ3n) is 3.19. The highest BCUT2D eigenvalue weighted by Crippen LogP contribution is 2.27. The van der Waals surface area contributed by atoms with E-state index in [1.165, 1.54) is 0 Å². The van der Waals surface area contributed by atoms with Crippen LogP contribution in [0.25, 0.3) is 0 Å². The Bertz CT molecular complexity index is 358. The van der Waals surface area contributed by atoms with Crippen LogP contribution >= 0.6 is 0 Å². The molecule has 1 aliphatic carbocycles. The Morgan fingerprint density at radius 1 is 1.67 bits per heavy atom. The van der Waals surface area contributed by atoms with Crippen LogP contribution in [-0.2, 0) is 7.05 Å². The third-order valence-corrected chi connectivity index (χ3v) is 3.19. The Hall–Kier alpha value is -1.16. The molecular weight excluding hydrogens is 190 g/mol. The molecule has 0 saturated heterocycles. The van der Waals surface area contributed by atoms with Crippen molar-refractivity contribution in [1.29, 1.82) is 0 Å². The van der Waals surface area contributed by atoms with Gasteiger partial charge in [0.25, 0.3) is 0 Å². The lowest BCUT2D eigenvalue weighted by molar-refractivity contribution is 0.0958. The number of Topliss-reactive ketones (excluding diaryl/α,β-unsaturated/α-hetero) is 1. The minimum Gasteiger partial charge on any atom is -0.327 e. The zero-order valence-electron chi connectivity index (χ0n) is 9.02. The Morgan fingerprint density at radius 3 is 3.00 bits per heavy atom. The van der Waals surface area contributed by atoms with Gasteiger partial charge < -0.3 is 5.73 Å². The van der Waals surface area contributed by atoms with E-state index in [0.29, 0.717) is 17.9 Å². The van der Waals surface area contributed by atoms with E-state index < -0.39 is 0 Å². The molecule has 0 radical (unpaired) electrons. The van der Waals surface area contributed by atoms with E-state index in [2.05, 4.69) is 5.10 Å². The number of nitrogens with zero attached hydrogens (tertiary/aromatic N) is 2. The lowest BCUT2D eigenvalue weighted by Gasteiger charge is -2.13. The maximum atomic E-state index is 11.9. The average molecular weight is 207 g/mol. The molecule has 2 atom stereocenters. The van der Waals surface area contributed by atoms with Gasteiger partial charge in [-0.1, -0.05) is 6.42 Å². The largest absolute Gasteiger partial charge is 0.327 e. The average Bonchev–Trinajstić information content (AvgIpc) is 2.77. The monoisotopic (exact) mass is 207 g/mol. The van der Waals surface area contributed by atoms with Gasteiger partial charge >= 0.3 is 0 Å². The van der Waals surface area contributed by atoms with Crippen LogP contribution in [-0.4, -0.2) is 21.6 Å². The van der Waals surface area contributed by atoms with Crippen LogP contribution in [0, 0.1) is 5.92 Å². The van der Waals surface area contributed by atoms with Crippen molar-refractivity contribution in [3.05, 3.63) is 18.0 Å². The second-order valence-electron chi connectivity index (χ2n) is 4.38. The van der Waals surface area contributed by atoms with Crippen LogP contribution in [0.5, 0.6) is 0 Å². The molecule has 0 bridgehead atoms. The molecule has 2 rings (SSSR count). The first-order valence-corrected chi connectivity index (χ1v) is 5.44. The molecule has 1 aromatic heterocycles. The smallest absolute Gasteiger partial charge is 0.166 e. The van der Waals surface area contributed by atoms with E-state index in [9.17, 15) is 4.79 Å². The first-order valence-electron chi connectivity index (χ1n) is 5.44. The summed E-state index contributed by atoms with van der Waals surface area (Å²) in [5, 5.41) is 4.00. The van der Waals surface area contributed by atoms with E-state index in [0.717, 1.165) is 19.3 Å². The Labute approximate surface area is 89.5 Å². The number of hydrogen-bond acceptors (Lipinski definition) is 3. The molecular formula is C11H17N3O. The number of aromatic nitrogens is 2. The predicted octanol–water partition coefficient (Wildman–Crippen LogP) is 1.12. The van der Waals surface area contributed by atoms with Crippen molar-refractivity contribution >= 4 is 5.78 Å². The van der Waals surface area contributed by atoms with Gasteiger partial charge in [0, 0.05) is 25.7 Å². The SMILES string of the molecule is Cn1cc(C(=O)C[C@@H]2CCC[C@H]2N)cn1. The van der Waals surface area contributed by atoms with Crippen molar-refractivity contribution in [3.8, 4) is 0 Å². The van der Waals surface area contributed by atoms with Gasteiger partial charge in [-0.2, -0.15) is 5.10 Å². The van der Waals surface area contributed by atoms with Crippen molar-refractivity contribution in [2.45, 2.75) is 31.7 Å². The summed E-state index contributed by atoms with van der Waals surface area (Å²) in [4.78, 5) is 11.9. The second kappa shape index (κ2) is 4.14. The number of ketones is 1. The van der Waals surface area contributed by atoms with Gasteiger partial charge in [0.05, 0.1) is 11.8 Å². The van der Waals surface area contributed by atoms with E-state index in [1.807, 2.05) is 7.05 Å². The Kier molecular flexibility index (Phi) is 2.86. The molecule has 0 aliphatic heterocycles. The lowest BCUT2D eigenvalue weighted by atomic mass is 9.96. The third kappa shape index (κ3) is 2.26. The van der Waals surface area contributed by atoms with Crippen molar-refractivity contribution in [2.24, 2.45) is 18.7 Å². The zero-order chi connectivity index (χ0) is 10.8. The van der Waals surface area contributed by atoms with Crippen molar-refractivity contribution in [2.75, 3.05) is 0 Å². The summed E-state index contributed by atoms with van der Waals surface area (Å²) in [6, 6.07) is 0.214. The van der Waals surface area contributed by atoms with Gasteiger partial charge in [0.2, 0.25) is 0 Å². The summed E-state index contributed by atoms with van der Waals surface area (Å²) in [6.45, 7) is 0. The Morgan fingerprint density at radius 2 is 2.47 bits per heavy atom. The summed E-state index contributed by atoms with van der Waals surface area (Å²) in [7, 11) is 1.82. The van der Waals surface area contributed by atoms with Crippen LogP contribution in [0.15, 0.2) is 12.4 Å². The quantitative estimate of drug-likeness (QED) is 0.755. The van der Waals surface area contributed by atoms with Crippen molar-refractivity contribution in [1.82, 2.24) is 9.78 Å². The van der Waals surface area contributed by atoms with Crippen LogP contribution in [0.4, 0.5) is 0 Å². The van der Waals surface area contributed by atoms with Gasteiger partial charge in [-0.05, 0) is 18.8 Å². The standard InChI is InChI=1S/C11H17N3O/c1-14-7-9(6-13-14)11(15)5-8-3-2-4-10(8)12/h6-8,10H,2-5,12H2,1H3/t8-,10+/m0/s1. The number of aryl methyl sites for hydroxylation is 1. The van der Waals surface area contributed by atoms with E-state index in [-0.39, 0.29) is 11.8 Å². The van der Waals surface area contributed by atoms with Crippen LogP contribution in [0.2, 0.25) is 0 Å². The molecule has 15 heavy (non-hydrogen) atoms. The molecule has 1 aromatic rings. The molecule has 1 fully saturated rings. The Balaban J connectivity index is 1.97. The van der Waals surface area contributed by atoms with E-state index >= 15 is 0 Å². The molecule has 2 N–H and O–H groups in total. The fraction of sp³-hybridized carbons (Fsp3) is 0.636. The maximum absolute atomic E-state index is 11.9. The highest BCUT2D eigenvalue weighted by molar-refractivity contribution is 5.95. The predicted molar refractivity (Wildman–Crippen MR) is 57.5 cm³/mol. The van der Waals surface area contributed by atoms with Gasteiger partial charge in [0.15, 0.2) is 5.78 Å². The fourth-order valence-electron chi connectivity index (χ4n) is 2.24. The maximum Gasteiger partial charge on any atom is 0.166 e. The van der Waals surface area contributed by atoms with E-state index in [1.54, 1.807) is 17.1 Å². The molecule has 1 saturated carbocycles. The number of nitrogens with two attached hydrogens (primary N) is 1. The van der Waals surface area contributed by atoms with Crippen LogP contribution in [0.3, 0.4) is 0 Å². The van der Waals surface area contributed by atoms with Gasteiger partial charge in [0.1, 0.15) is 0 Å². The topological polar surface area (TPSA) is 60.9 Å². The number of carbonyl (C=O) groups is 1. The van der Waals surface area contributed by atoms with Crippen LogP contribution < -0.4 is 5.73 Å². The molecule has 1 aliphatic rings. The van der Waals surface area contributed by atoms with Gasteiger partial charge in [-0.15, -0.1) is 0 Å². The summed E-state index contributed by atoms with van der Waals surface area (Å²) in [6.07, 6.45) is 7.28. The first-order chi connectivity index (χ1) is 7.16. The number of rotatable bonds is 3. The number of carbonyl (C=O) groups excluding carboxylic acids is 1. The summed E-state index contributed by atoms with van der Waals surface area (Å²) in [5.41, 5.74) is 6.64. The normalized spacial score (nSPS) is 25.7. The minimum atomic E-state index is 0.172. The second-order valence-corrected chi connectivity index (χ2v) is 4.38. The minimum absolute atomic E-state index is 0.172. The highest BCUT2D eigenvalue weighted by atomic mass is 16.1. The summed E-state index contributed by atoms with van der Waals surface area (Å²) in [5.74, 6) is 0.545. The van der Waals surface area contributed by atoms with Gasteiger partial charge in [-0.25, -0.2) is 0 Å². The van der Waals surface area contributed by atoms with Gasteiger partial charge in [-0.3, -0.25) is 9.48 Å². The van der Waals surface area contributed by atoms with Crippen LogP contribution in [0.1, 0.15) is 36.0 Å². The molecule has 0 spiro atoms. The molecule has 82 valence electrons. The molecule has 0 aromatic carbocycles. The number of hydrogen-bond donors (Lipinski definition) is 1. The van der Waals surface area contributed by atoms with Crippen molar-refractivity contribution < 1.29 is 4.79 Å². The highest BCUT2D eigenvalue weighted by Gasteiger charge is 2.26. The molecule has 1 heterocycles. The molecule has 4 heteroatoms. The molecule has 0 amide bonds. The molecule has 4 nitrogen and oxygen atoms in total. The van der Waals surface area contributed by atoms with Crippen molar-refractivity contribution in [3.63, 3.8) is 0 Å². The summed E-state index contributed by atoms with van der Waals surface area (Å²) < 4.78 is 1.65. The lowest BCUT2D eigenvalue weighted by Crippen LogP contribution is -2.26. The van der Waals surface area contributed by atoms with E-state index in [4.69, 9.17) is 5.73 Å². The summed E-state index contributed by atoms with van der Waals surface area (Å²) >= 11 is 0. The fourth-order valence-corrected chi connectivity index (χ4v) is 2.24. The molecule has 0 unspecified atom stereocenters.